The van der Waals surface area contributed by atoms with Gasteiger partial charge >= 0.3 is 6.03 Å². The fourth-order valence-corrected chi connectivity index (χ4v) is 2.34. The van der Waals surface area contributed by atoms with Crippen LogP contribution < -0.4 is 15.5 Å². The van der Waals surface area contributed by atoms with Crippen LogP contribution in [-0.4, -0.2) is 19.1 Å². The van der Waals surface area contributed by atoms with Gasteiger partial charge in [0.1, 0.15) is 5.82 Å². The molecule has 0 unspecified atom stereocenters. The lowest BCUT2D eigenvalue weighted by atomic mass is 10.2. The van der Waals surface area contributed by atoms with Gasteiger partial charge in [0.05, 0.1) is 0 Å². The lowest BCUT2D eigenvalue weighted by Gasteiger charge is -2.21. The summed E-state index contributed by atoms with van der Waals surface area (Å²) in [5, 5.41) is 5.39. The normalized spacial score (nSPS) is 10.2. The lowest BCUT2D eigenvalue weighted by molar-refractivity contribution is 0.251. The second kappa shape index (κ2) is 8.17. The third-order valence-corrected chi connectivity index (χ3v) is 3.65. The molecule has 4 nitrogen and oxygen atoms in total. The third kappa shape index (κ3) is 4.71. The van der Waals surface area contributed by atoms with Gasteiger partial charge in [-0.3, -0.25) is 0 Å². The Kier molecular flexibility index (Phi) is 5.97. The number of carbonyl (C=O) groups is 1. The highest BCUT2D eigenvalue weighted by molar-refractivity contribution is 5.89. The number of anilines is 2. The molecule has 0 radical (unpaired) electrons. The van der Waals surface area contributed by atoms with Crippen LogP contribution in [0, 0.1) is 5.82 Å². The molecule has 0 aliphatic carbocycles. The molecule has 0 spiro atoms. The minimum atomic E-state index is -0.358. The molecule has 0 bridgehead atoms. The smallest absolute Gasteiger partial charge is 0.319 e. The first-order chi connectivity index (χ1) is 11.1. The fourth-order valence-electron chi connectivity index (χ4n) is 2.34. The van der Waals surface area contributed by atoms with Crippen molar-refractivity contribution in [1.29, 1.82) is 0 Å². The summed E-state index contributed by atoms with van der Waals surface area (Å²) in [5.41, 5.74) is 2.28. The van der Waals surface area contributed by atoms with Crippen LogP contribution in [0.15, 0.2) is 48.5 Å². The minimum absolute atomic E-state index is 0.149. The summed E-state index contributed by atoms with van der Waals surface area (Å²) in [6.07, 6.45) is 0. The van der Waals surface area contributed by atoms with E-state index in [4.69, 9.17) is 0 Å². The molecule has 122 valence electrons. The van der Waals surface area contributed by atoms with Crippen molar-refractivity contribution in [1.82, 2.24) is 5.32 Å². The maximum atomic E-state index is 13.5. The van der Waals surface area contributed by atoms with Crippen molar-refractivity contribution >= 4 is 17.4 Å². The van der Waals surface area contributed by atoms with Gasteiger partial charge in [-0.2, -0.15) is 0 Å². The molecule has 0 aliphatic heterocycles. The maximum Gasteiger partial charge on any atom is 0.319 e. The van der Waals surface area contributed by atoms with Crippen molar-refractivity contribution in [2.75, 3.05) is 23.3 Å². The first-order valence-electron chi connectivity index (χ1n) is 7.77. The van der Waals surface area contributed by atoms with Crippen LogP contribution in [0.5, 0.6) is 0 Å². The molecule has 2 rings (SSSR count). The van der Waals surface area contributed by atoms with Crippen molar-refractivity contribution in [3.8, 4) is 0 Å². The first-order valence-corrected chi connectivity index (χ1v) is 7.77. The highest BCUT2D eigenvalue weighted by Gasteiger charge is 2.06. The topological polar surface area (TPSA) is 44.4 Å². The molecule has 0 saturated carbocycles. The fraction of sp³-hybridized carbons (Fsp3) is 0.278. The highest BCUT2D eigenvalue weighted by atomic mass is 19.1. The molecular weight excluding hydrogens is 293 g/mol. The molecule has 2 aromatic carbocycles. The van der Waals surface area contributed by atoms with Crippen LogP contribution in [0.1, 0.15) is 19.4 Å². The van der Waals surface area contributed by atoms with E-state index in [2.05, 4.69) is 29.4 Å². The summed E-state index contributed by atoms with van der Waals surface area (Å²) in [7, 11) is 0. The van der Waals surface area contributed by atoms with Gasteiger partial charge < -0.3 is 15.5 Å². The summed E-state index contributed by atoms with van der Waals surface area (Å²) in [4.78, 5) is 14.1. The molecular formula is C18H22FN3O. The number of halogens is 1. The maximum absolute atomic E-state index is 13.5. The number of rotatable bonds is 6. The number of nitrogens with zero attached hydrogens (tertiary/aromatic N) is 1. The number of nitrogens with one attached hydrogen (secondary N) is 2. The van der Waals surface area contributed by atoms with Crippen LogP contribution in [0.3, 0.4) is 0 Å². The van der Waals surface area contributed by atoms with E-state index in [1.54, 1.807) is 18.2 Å². The zero-order valence-electron chi connectivity index (χ0n) is 13.5. The monoisotopic (exact) mass is 315 g/mol. The summed E-state index contributed by atoms with van der Waals surface area (Å²) in [5.74, 6) is -0.323. The van der Waals surface area contributed by atoms with E-state index in [1.165, 1.54) is 6.07 Å². The van der Waals surface area contributed by atoms with Gasteiger partial charge in [-0.15, -0.1) is 0 Å². The van der Waals surface area contributed by atoms with E-state index >= 15 is 0 Å². The summed E-state index contributed by atoms with van der Waals surface area (Å²) >= 11 is 0. The van der Waals surface area contributed by atoms with Crippen molar-refractivity contribution in [2.24, 2.45) is 0 Å². The van der Waals surface area contributed by atoms with Crippen LogP contribution >= 0.6 is 0 Å². The van der Waals surface area contributed by atoms with Crippen LogP contribution in [0.4, 0.5) is 20.6 Å². The van der Waals surface area contributed by atoms with E-state index in [-0.39, 0.29) is 18.4 Å². The predicted octanol–water partition coefficient (Wildman–Crippen LogP) is 3.99. The number of urea groups is 1. The lowest BCUT2D eigenvalue weighted by Crippen LogP contribution is -2.28. The molecule has 23 heavy (non-hydrogen) atoms. The van der Waals surface area contributed by atoms with Gasteiger partial charge in [-0.25, -0.2) is 9.18 Å². The number of amides is 2. The Labute approximate surface area is 136 Å². The quantitative estimate of drug-likeness (QED) is 0.846. The minimum Gasteiger partial charge on any atom is -0.372 e. The SMILES string of the molecule is CCN(CC)c1ccc(NC(=O)NCc2ccccc2F)cc1. The Morgan fingerprint density at radius 3 is 2.30 bits per heavy atom. The molecule has 0 aromatic heterocycles. The van der Waals surface area contributed by atoms with Gasteiger partial charge in [0.15, 0.2) is 0 Å². The third-order valence-electron chi connectivity index (χ3n) is 3.65. The summed E-state index contributed by atoms with van der Waals surface area (Å²) in [6.45, 7) is 6.23. The second-order valence-electron chi connectivity index (χ2n) is 5.12. The molecule has 2 aromatic rings. The Hall–Kier alpha value is -2.56. The summed E-state index contributed by atoms with van der Waals surface area (Å²) in [6, 6.07) is 13.7. The highest BCUT2D eigenvalue weighted by Crippen LogP contribution is 2.17. The standard InChI is InChI=1S/C18H22FN3O/c1-3-22(4-2)16-11-9-15(10-12-16)21-18(23)20-13-14-7-5-6-8-17(14)19/h5-12H,3-4,13H2,1-2H3,(H2,20,21,23). The number of carbonyl (C=O) groups excluding carboxylic acids is 1. The van der Waals surface area contributed by atoms with E-state index in [0.717, 1.165) is 18.8 Å². The molecule has 5 heteroatoms. The molecule has 2 amide bonds. The zero-order valence-corrected chi connectivity index (χ0v) is 13.5. The Morgan fingerprint density at radius 2 is 1.70 bits per heavy atom. The van der Waals surface area contributed by atoms with Crippen LogP contribution in [-0.2, 0) is 6.54 Å². The van der Waals surface area contributed by atoms with Gasteiger partial charge in [0.25, 0.3) is 0 Å². The van der Waals surface area contributed by atoms with Gasteiger partial charge in [0.2, 0.25) is 0 Å². The second-order valence-corrected chi connectivity index (χ2v) is 5.12. The van der Waals surface area contributed by atoms with Gasteiger partial charge in [0, 0.05) is 36.6 Å². The molecule has 0 aliphatic rings. The van der Waals surface area contributed by atoms with E-state index in [9.17, 15) is 9.18 Å². The van der Waals surface area contributed by atoms with E-state index in [0.29, 0.717) is 11.3 Å². The van der Waals surface area contributed by atoms with Gasteiger partial charge in [-0.1, -0.05) is 18.2 Å². The Balaban J connectivity index is 1.89. The average Bonchev–Trinajstić information content (AvgIpc) is 2.57. The van der Waals surface area contributed by atoms with Gasteiger partial charge in [-0.05, 0) is 44.2 Å². The zero-order chi connectivity index (χ0) is 16.7. The Bertz CT molecular complexity index is 639. The first kappa shape index (κ1) is 16.8. The van der Waals surface area contributed by atoms with Crippen molar-refractivity contribution in [2.45, 2.75) is 20.4 Å². The molecule has 0 saturated heterocycles. The van der Waals surface area contributed by atoms with Crippen molar-refractivity contribution < 1.29 is 9.18 Å². The molecule has 0 atom stereocenters. The average molecular weight is 315 g/mol. The summed E-state index contributed by atoms with van der Waals surface area (Å²) < 4.78 is 13.5. The number of hydrogen-bond donors (Lipinski definition) is 2. The van der Waals surface area contributed by atoms with Crippen LogP contribution in [0.2, 0.25) is 0 Å². The van der Waals surface area contributed by atoms with Crippen molar-refractivity contribution in [3.05, 3.63) is 59.9 Å². The molecule has 0 fully saturated rings. The van der Waals surface area contributed by atoms with E-state index in [1.807, 2.05) is 24.3 Å². The predicted molar refractivity (Wildman–Crippen MR) is 92.3 cm³/mol. The molecule has 0 heterocycles. The number of hydrogen-bond acceptors (Lipinski definition) is 2. The van der Waals surface area contributed by atoms with E-state index < -0.39 is 0 Å². The number of benzene rings is 2. The Morgan fingerprint density at radius 1 is 1.04 bits per heavy atom. The van der Waals surface area contributed by atoms with Crippen molar-refractivity contribution in [3.63, 3.8) is 0 Å². The van der Waals surface area contributed by atoms with Crippen LogP contribution in [0.25, 0.3) is 0 Å². The molecule has 2 N–H and O–H groups in total. The largest absolute Gasteiger partial charge is 0.372 e.